The summed E-state index contributed by atoms with van der Waals surface area (Å²) in [6.45, 7) is 5.34. The van der Waals surface area contributed by atoms with Crippen LogP contribution in [0, 0.1) is 0 Å². The molecule has 5 heteroatoms. The van der Waals surface area contributed by atoms with Gasteiger partial charge in [0.2, 0.25) is 0 Å². The summed E-state index contributed by atoms with van der Waals surface area (Å²) < 4.78 is 0. The van der Waals surface area contributed by atoms with E-state index in [1.807, 2.05) is 0 Å². The normalized spacial score (nSPS) is 12.8. The Labute approximate surface area is 110 Å². The van der Waals surface area contributed by atoms with E-state index in [0.717, 1.165) is 29.4 Å². The summed E-state index contributed by atoms with van der Waals surface area (Å²) in [4.78, 5) is 0. The third kappa shape index (κ3) is 3.59. The fourth-order valence-corrected chi connectivity index (χ4v) is 3.10. The Bertz CT molecular complexity index is 436. The van der Waals surface area contributed by atoms with Crippen LogP contribution in [0.25, 0.3) is 0 Å². The highest BCUT2D eigenvalue weighted by atomic mass is 32.1. The molecule has 0 radical (unpaired) electrons. The summed E-state index contributed by atoms with van der Waals surface area (Å²) in [6.07, 6.45) is 2.05. The third-order valence-electron chi connectivity index (χ3n) is 2.49. The highest BCUT2D eigenvalue weighted by Gasteiger charge is 2.11. The van der Waals surface area contributed by atoms with Gasteiger partial charge < -0.3 is 5.32 Å². The van der Waals surface area contributed by atoms with Crippen LogP contribution in [0.5, 0.6) is 0 Å². The van der Waals surface area contributed by atoms with E-state index in [1.54, 1.807) is 22.7 Å². The molecule has 0 aliphatic carbocycles. The molecule has 3 nitrogen and oxygen atoms in total. The molecule has 2 rings (SSSR count). The first-order valence-corrected chi connectivity index (χ1v) is 7.62. The largest absolute Gasteiger partial charge is 0.308 e. The van der Waals surface area contributed by atoms with E-state index < -0.39 is 0 Å². The number of nitrogens with zero attached hydrogens (tertiary/aromatic N) is 2. The first-order valence-electron chi connectivity index (χ1n) is 5.86. The summed E-state index contributed by atoms with van der Waals surface area (Å²) >= 11 is 3.44. The predicted molar refractivity (Wildman–Crippen MR) is 73.7 cm³/mol. The zero-order chi connectivity index (χ0) is 12.1. The lowest BCUT2D eigenvalue weighted by molar-refractivity contribution is 0.564. The molecule has 0 bridgehead atoms. The number of hydrogen-bond donors (Lipinski definition) is 1. The fraction of sp³-hybridized carbons (Fsp3) is 0.500. The topological polar surface area (TPSA) is 37.8 Å². The van der Waals surface area contributed by atoms with Crippen LogP contribution in [0.3, 0.4) is 0 Å². The Kier molecular flexibility index (Phi) is 4.65. The number of nitrogens with one attached hydrogen (secondary N) is 1. The van der Waals surface area contributed by atoms with E-state index in [9.17, 15) is 0 Å². The Morgan fingerprint density at radius 1 is 1.41 bits per heavy atom. The second kappa shape index (κ2) is 6.23. The smallest absolute Gasteiger partial charge is 0.134 e. The molecule has 0 spiro atoms. The van der Waals surface area contributed by atoms with E-state index in [0.29, 0.717) is 6.04 Å². The minimum atomic E-state index is 0.309. The van der Waals surface area contributed by atoms with Gasteiger partial charge in [-0.2, -0.15) is 11.3 Å². The molecule has 1 atom stereocenters. The number of hydrogen-bond acceptors (Lipinski definition) is 5. The van der Waals surface area contributed by atoms with Crippen LogP contribution in [0.15, 0.2) is 16.8 Å². The number of rotatable bonds is 6. The molecule has 92 valence electrons. The monoisotopic (exact) mass is 267 g/mol. The molecular weight excluding hydrogens is 250 g/mol. The van der Waals surface area contributed by atoms with Gasteiger partial charge in [-0.3, -0.25) is 0 Å². The molecule has 0 saturated carbocycles. The van der Waals surface area contributed by atoms with Gasteiger partial charge in [0.1, 0.15) is 10.0 Å². The van der Waals surface area contributed by atoms with Gasteiger partial charge in [0, 0.05) is 6.42 Å². The van der Waals surface area contributed by atoms with Crippen LogP contribution in [-0.4, -0.2) is 16.7 Å². The highest BCUT2D eigenvalue weighted by Crippen LogP contribution is 2.20. The van der Waals surface area contributed by atoms with Crippen LogP contribution >= 0.6 is 22.7 Å². The SMILES string of the molecule is CCCNC(C)c1nnc(Cc2ccsc2)s1. The van der Waals surface area contributed by atoms with Crippen molar-refractivity contribution >= 4 is 22.7 Å². The predicted octanol–water partition coefficient (Wildman–Crippen LogP) is 3.25. The Hall–Kier alpha value is -0.780. The van der Waals surface area contributed by atoms with Crippen molar-refractivity contribution in [1.29, 1.82) is 0 Å². The molecule has 17 heavy (non-hydrogen) atoms. The molecule has 1 N–H and O–H groups in total. The summed E-state index contributed by atoms with van der Waals surface area (Å²) in [6, 6.07) is 2.45. The first-order chi connectivity index (χ1) is 8.29. The van der Waals surface area contributed by atoms with Crippen molar-refractivity contribution in [2.45, 2.75) is 32.7 Å². The maximum atomic E-state index is 4.26. The molecule has 2 aromatic heterocycles. The van der Waals surface area contributed by atoms with Crippen LogP contribution in [0.1, 0.15) is 41.9 Å². The maximum absolute atomic E-state index is 4.26. The van der Waals surface area contributed by atoms with Gasteiger partial charge >= 0.3 is 0 Å². The molecule has 0 aliphatic heterocycles. The summed E-state index contributed by atoms with van der Waals surface area (Å²) in [5, 5.41) is 18.4. The van der Waals surface area contributed by atoms with Crippen LogP contribution in [0.2, 0.25) is 0 Å². The van der Waals surface area contributed by atoms with Crippen molar-refractivity contribution in [3.05, 3.63) is 32.4 Å². The van der Waals surface area contributed by atoms with Crippen molar-refractivity contribution in [1.82, 2.24) is 15.5 Å². The molecule has 1 unspecified atom stereocenters. The zero-order valence-electron chi connectivity index (χ0n) is 10.1. The van der Waals surface area contributed by atoms with E-state index in [2.05, 4.69) is 46.2 Å². The number of thiophene rings is 1. The number of aromatic nitrogens is 2. The molecule has 2 heterocycles. The van der Waals surface area contributed by atoms with Crippen LogP contribution in [-0.2, 0) is 6.42 Å². The molecule has 0 aromatic carbocycles. The van der Waals surface area contributed by atoms with Crippen LogP contribution < -0.4 is 5.32 Å². The van der Waals surface area contributed by atoms with Crippen molar-refractivity contribution in [2.75, 3.05) is 6.54 Å². The van der Waals surface area contributed by atoms with Gasteiger partial charge in [-0.05, 0) is 42.3 Å². The van der Waals surface area contributed by atoms with E-state index in [-0.39, 0.29) is 0 Å². The summed E-state index contributed by atoms with van der Waals surface area (Å²) in [7, 11) is 0. The maximum Gasteiger partial charge on any atom is 0.134 e. The quantitative estimate of drug-likeness (QED) is 0.873. The Balaban J connectivity index is 1.95. The molecule has 0 amide bonds. The second-order valence-corrected chi connectivity index (χ2v) is 5.89. The lowest BCUT2D eigenvalue weighted by atomic mass is 10.3. The van der Waals surface area contributed by atoms with E-state index in [1.165, 1.54) is 5.56 Å². The summed E-state index contributed by atoms with van der Waals surface area (Å²) in [5.74, 6) is 0. The minimum absolute atomic E-state index is 0.309. The summed E-state index contributed by atoms with van der Waals surface area (Å²) in [5.41, 5.74) is 1.33. The van der Waals surface area contributed by atoms with Gasteiger partial charge in [0.05, 0.1) is 6.04 Å². The van der Waals surface area contributed by atoms with E-state index in [4.69, 9.17) is 0 Å². The van der Waals surface area contributed by atoms with Crippen molar-refractivity contribution < 1.29 is 0 Å². The Morgan fingerprint density at radius 2 is 2.29 bits per heavy atom. The molecule has 2 aromatic rings. The minimum Gasteiger partial charge on any atom is -0.308 e. The van der Waals surface area contributed by atoms with E-state index >= 15 is 0 Å². The molecule has 0 saturated heterocycles. The first kappa shape index (κ1) is 12.7. The van der Waals surface area contributed by atoms with Gasteiger partial charge in [0.25, 0.3) is 0 Å². The van der Waals surface area contributed by atoms with Crippen molar-refractivity contribution in [2.24, 2.45) is 0 Å². The molecule has 0 fully saturated rings. The van der Waals surface area contributed by atoms with Gasteiger partial charge in [-0.25, -0.2) is 0 Å². The van der Waals surface area contributed by atoms with Gasteiger partial charge in [-0.1, -0.05) is 18.3 Å². The van der Waals surface area contributed by atoms with Crippen molar-refractivity contribution in [3.63, 3.8) is 0 Å². The van der Waals surface area contributed by atoms with Gasteiger partial charge in [0.15, 0.2) is 0 Å². The average Bonchev–Trinajstić information content (AvgIpc) is 2.98. The molecule has 0 aliphatic rings. The lowest BCUT2D eigenvalue weighted by Crippen LogP contribution is -2.18. The third-order valence-corrected chi connectivity index (χ3v) is 4.33. The molecular formula is C12H17N3S2. The second-order valence-electron chi connectivity index (χ2n) is 4.02. The highest BCUT2D eigenvalue weighted by molar-refractivity contribution is 7.11. The Morgan fingerprint density at radius 3 is 3.00 bits per heavy atom. The van der Waals surface area contributed by atoms with Crippen molar-refractivity contribution in [3.8, 4) is 0 Å². The van der Waals surface area contributed by atoms with Crippen LogP contribution in [0.4, 0.5) is 0 Å². The fourth-order valence-electron chi connectivity index (χ4n) is 1.53. The van der Waals surface area contributed by atoms with Gasteiger partial charge in [-0.15, -0.1) is 10.2 Å². The lowest BCUT2D eigenvalue weighted by Gasteiger charge is -2.08. The zero-order valence-corrected chi connectivity index (χ0v) is 11.8. The average molecular weight is 267 g/mol. The standard InChI is InChI=1S/C12H17N3S2/c1-3-5-13-9(2)12-15-14-11(17-12)7-10-4-6-16-8-10/h4,6,8-9,13H,3,5,7H2,1-2H3.